The molecule has 0 unspecified atom stereocenters. The van der Waals surface area contributed by atoms with Gasteiger partial charge < -0.3 is 166 Å². The Kier molecular flexibility index (Phi) is 43.7. The number of carbonyl (C=O) groups is 20. The van der Waals surface area contributed by atoms with Crippen molar-refractivity contribution < 1.29 is 262 Å². The van der Waals surface area contributed by atoms with Crippen molar-refractivity contribution in [3.8, 4) is 0 Å². The van der Waals surface area contributed by atoms with Crippen molar-refractivity contribution in [2.75, 3.05) is 52.9 Å². The summed E-state index contributed by atoms with van der Waals surface area (Å²) in [5.41, 5.74) is 0.557. The van der Waals surface area contributed by atoms with E-state index in [1.54, 1.807) is 36.4 Å². The fourth-order valence-corrected chi connectivity index (χ4v) is 16.8. The highest BCUT2D eigenvalue weighted by Crippen LogP contribution is 2.45. The van der Waals surface area contributed by atoms with Crippen molar-refractivity contribution >= 4 is 125 Å². The number of rotatable bonds is 31. The van der Waals surface area contributed by atoms with Gasteiger partial charge in [0.15, 0.2) is 123 Å². The van der Waals surface area contributed by atoms with E-state index in [9.17, 15) is 95.9 Å². The average Bonchev–Trinajstić information content (AvgIpc) is 0.775. The first-order chi connectivity index (χ1) is 68.8. The molecule has 146 heavy (non-hydrogen) atoms. The third-order valence-electron chi connectivity index (χ3n) is 21.8. The highest BCUT2D eigenvalue weighted by Gasteiger charge is 2.66. The molecule has 21 aliphatic rings. The summed E-state index contributed by atoms with van der Waals surface area (Å²) in [6, 6.07) is 8.43. The minimum absolute atomic E-state index is 0.557. The standard InChI is InChI=1S/C91H118O55/c1-36(92)113-29-57-64-71(112-28-24-27-56-25-22-21-23-26-56)78(126-49(14)105)85(133-57)141-65-58(30-114-37(2)93)135-87(80(128-51(16)107)72(65)120-43(8)99)143-67-60(32-116-39(4)95)137-89(82(130-53(18)109)74(67)122-45(10)101)145-69-62(34-118-41(6)97)139-91(84(132-55(20)111)76(69)124-47(12)103)146-70-63(35-119-42(7)98)138-90(83(131-54(19)110)77(70)125-48(13)104)144-68-61(33-117-40(5)96)136-88(81(129-52(17)108)75(68)123-46(11)102)142-66-59(31-115-38(3)94)134-86(140-64)79(127-50(15)106)73(66)121-44(9)100/h21-27,57-91H,28-35H2,1-20H3/b27-24+/t57-,58-,59-,60-,61-,62-,63-,64-,65-,66-,67-,68-,69-,70-,71+,72+,73+,74+,75+,76+,77+,78-,79-,80-,81-,82-,83-,84-,85-,86-,87-,88-,89-,90-,91-/m1/s1. The number of hydrogen-bond acceptors (Lipinski definition) is 55. The van der Waals surface area contributed by atoms with Crippen LogP contribution in [0.2, 0.25) is 0 Å². The van der Waals surface area contributed by atoms with Crippen LogP contribution < -0.4 is 0 Å². The van der Waals surface area contributed by atoms with Gasteiger partial charge in [-0.05, 0) is 5.56 Å². The Balaban J connectivity index is 1.40. The van der Waals surface area contributed by atoms with Crippen molar-refractivity contribution in [3.05, 3.63) is 42.0 Å². The van der Waals surface area contributed by atoms with Gasteiger partial charge in [-0.2, -0.15) is 0 Å². The molecule has 0 aromatic heterocycles. The Morgan fingerprint density at radius 2 is 0.336 bits per heavy atom. The zero-order valence-corrected chi connectivity index (χ0v) is 82.9. The zero-order valence-electron chi connectivity index (χ0n) is 82.9. The van der Waals surface area contributed by atoms with Gasteiger partial charge in [-0.15, -0.1) is 0 Å². The van der Waals surface area contributed by atoms with E-state index in [-0.39, 0.29) is 0 Å². The van der Waals surface area contributed by atoms with E-state index in [1.165, 1.54) is 6.08 Å². The van der Waals surface area contributed by atoms with Crippen molar-refractivity contribution in [2.45, 2.75) is 353 Å². The van der Waals surface area contributed by atoms with Crippen LogP contribution in [-0.4, -0.2) is 387 Å². The lowest BCUT2D eigenvalue weighted by molar-refractivity contribution is -0.398. The van der Waals surface area contributed by atoms with Gasteiger partial charge in [0.2, 0.25) is 0 Å². The Labute approximate surface area is 832 Å². The van der Waals surface area contributed by atoms with E-state index in [2.05, 4.69) is 0 Å². The first-order valence-corrected chi connectivity index (χ1v) is 45.5. The van der Waals surface area contributed by atoms with Crippen LogP contribution in [0.5, 0.6) is 0 Å². The summed E-state index contributed by atoms with van der Waals surface area (Å²) in [4.78, 5) is 276. The van der Waals surface area contributed by atoms with Gasteiger partial charge in [-0.3, -0.25) is 95.9 Å². The van der Waals surface area contributed by atoms with Crippen LogP contribution in [-0.2, 0) is 262 Å². The summed E-state index contributed by atoms with van der Waals surface area (Å²) in [5, 5.41) is 0. The number of benzene rings is 1. The van der Waals surface area contributed by atoms with Gasteiger partial charge >= 0.3 is 119 Å². The summed E-state index contributed by atoms with van der Waals surface area (Å²) < 4.78 is 218. The van der Waals surface area contributed by atoms with E-state index in [0.717, 1.165) is 138 Å². The lowest BCUT2D eigenvalue weighted by Crippen LogP contribution is -2.70. The molecule has 22 rings (SSSR count). The first-order valence-electron chi connectivity index (χ1n) is 45.5. The van der Waals surface area contributed by atoms with Crippen molar-refractivity contribution in [2.24, 2.45) is 0 Å². The Hall–Kier alpha value is -12.2. The third-order valence-corrected chi connectivity index (χ3v) is 21.8. The second kappa shape index (κ2) is 54.4. The zero-order chi connectivity index (χ0) is 108. The summed E-state index contributed by atoms with van der Waals surface area (Å²) >= 11 is 0. The Bertz CT molecular complexity index is 4670. The predicted octanol–water partition coefficient (Wildman–Crippen LogP) is -1.08. The molecule has 21 fully saturated rings. The molecule has 0 amide bonds. The Morgan fingerprint density at radius 1 is 0.192 bits per heavy atom. The fraction of sp³-hybridized carbons (Fsp3) is 0.692. The molecule has 1 aromatic carbocycles. The summed E-state index contributed by atoms with van der Waals surface area (Å²) in [6.07, 6.45) is -76.9. The lowest BCUT2D eigenvalue weighted by Gasteiger charge is -2.52. The first kappa shape index (κ1) is 117. The van der Waals surface area contributed by atoms with Crippen molar-refractivity contribution in [1.82, 2.24) is 0 Å². The molecular formula is C91H118O55. The maximum Gasteiger partial charge on any atom is 0.303 e. The number of carbonyl (C=O) groups excluding carboxylic acids is 20. The molecule has 21 saturated heterocycles. The monoisotopic (exact) mass is 2090 g/mol. The molecule has 0 saturated carbocycles. The molecule has 1 aromatic rings. The fourth-order valence-electron chi connectivity index (χ4n) is 16.8. The van der Waals surface area contributed by atoms with Crippen LogP contribution in [0.4, 0.5) is 0 Å². The minimum Gasteiger partial charge on any atom is -0.463 e. The van der Waals surface area contributed by atoms with Crippen LogP contribution >= 0.6 is 0 Å². The topological polar surface area (TPSA) is 664 Å². The van der Waals surface area contributed by atoms with Crippen LogP contribution in [0.15, 0.2) is 36.4 Å². The van der Waals surface area contributed by atoms with Gasteiger partial charge in [0.25, 0.3) is 0 Å². The minimum atomic E-state index is -2.46. The predicted molar refractivity (Wildman–Crippen MR) is 459 cm³/mol. The summed E-state index contributed by atoms with van der Waals surface area (Å²) in [7, 11) is 0. The van der Waals surface area contributed by atoms with Crippen molar-refractivity contribution in [3.63, 3.8) is 0 Å². The van der Waals surface area contributed by atoms with E-state index < -0.39 is 387 Å². The highest BCUT2D eigenvalue weighted by atomic mass is 16.8. The number of hydrogen-bond donors (Lipinski definition) is 0. The van der Waals surface area contributed by atoms with Crippen molar-refractivity contribution in [1.29, 1.82) is 0 Å². The van der Waals surface area contributed by atoms with Crippen LogP contribution in [0, 0.1) is 0 Å². The average molecular weight is 2090 g/mol. The molecule has 0 N–H and O–H groups in total. The normalized spacial score (nSPS) is 33.8. The van der Waals surface area contributed by atoms with E-state index >= 15 is 0 Å². The van der Waals surface area contributed by atoms with Gasteiger partial charge in [-0.1, -0.05) is 42.5 Å². The second-order valence-electron chi connectivity index (χ2n) is 33.7. The maximum atomic E-state index is 14.2. The molecule has 55 nitrogen and oxygen atoms in total. The molecule has 35 atom stereocenters. The van der Waals surface area contributed by atoms with E-state index in [0.29, 0.717) is 5.56 Å². The van der Waals surface area contributed by atoms with Gasteiger partial charge in [-0.25, -0.2) is 0 Å². The van der Waals surface area contributed by atoms with Crippen LogP contribution in [0.3, 0.4) is 0 Å². The molecule has 55 heteroatoms. The van der Waals surface area contributed by atoms with Gasteiger partial charge in [0, 0.05) is 138 Å². The second-order valence-corrected chi connectivity index (χ2v) is 33.7. The quantitative estimate of drug-likeness (QED) is 0.0630. The molecule has 812 valence electrons. The molecule has 0 aliphatic carbocycles. The number of esters is 20. The van der Waals surface area contributed by atoms with Gasteiger partial charge in [0.1, 0.15) is 138 Å². The highest BCUT2D eigenvalue weighted by molar-refractivity contribution is 5.73. The molecule has 0 radical (unpaired) electrons. The lowest BCUT2D eigenvalue weighted by atomic mass is 9.94. The van der Waals surface area contributed by atoms with Crippen LogP contribution in [0.25, 0.3) is 6.08 Å². The summed E-state index contributed by atoms with van der Waals surface area (Å²) in [5.74, 6) is -24.4. The number of ether oxygens (including phenoxy) is 35. The molecule has 21 heterocycles. The molecule has 21 aliphatic heterocycles. The Morgan fingerprint density at radius 3 is 0.486 bits per heavy atom. The third kappa shape index (κ3) is 33.9. The SMILES string of the molecule is CC(=O)OC[C@H]1O[C@@H]2O[C@H]3[C@H](OC(C)=O)[C@@H](OC(C)=O)[C@@H](O[C@H]4[C@H](OC(C)=O)[C@@H](OC(C)=O)[C@@H](O[C@H]5[C@H](OC(C)=O)[C@@H](OC(C)=O)[C@@H](O[C@H]6[C@H](OC(C)=O)[C@@H](OC(C)=O)[C@@H](O[C@H]7[C@H](OC(C)=O)[C@@H](OC(C)=O)[C@@H](O[C@H]8[C@H](OC(C)=O)[C@@H](OC(C)=O)[C@@H](O[C@H]1[C@H](OC/C=C/c1ccccc1)[C@H]2OC(C)=O)O[C@@H]8COC(C)=O)O[C@@H]7COC(C)=O)O[C@@H]6COC(C)=O)O[C@@H]5COC(C)=O)O[C@@H]4COC(C)=O)O[C@@H]3COC(C)=O. The molecular weight excluding hydrogens is 1970 g/mol. The molecule has 14 bridgehead atoms. The maximum absolute atomic E-state index is 14.2. The van der Waals surface area contributed by atoms with Gasteiger partial charge in [0.05, 0.1) is 6.61 Å². The van der Waals surface area contributed by atoms with E-state index in [1.807, 2.05) is 0 Å². The largest absolute Gasteiger partial charge is 0.463 e. The summed E-state index contributed by atoms with van der Waals surface area (Å²) in [6.45, 7) is 8.79. The van der Waals surface area contributed by atoms with Crippen LogP contribution in [0.1, 0.15) is 144 Å². The smallest absolute Gasteiger partial charge is 0.303 e. The molecule has 0 spiro atoms. The van der Waals surface area contributed by atoms with E-state index in [4.69, 9.17) is 166 Å².